The maximum Gasteiger partial charge on any atom is 0.253 e. The van der Waals surface area contributed by atoms with Gasteiger partial charge in [0.05, 0.1) is 7.11 Å². The number of carbonyl (C=O) groups excluding carboxylic acids is 1. The van der Waals surface area contributed by atoms with E-state index in [1.807, 2.05) is 23.1 Å². The molecule has 3 heterocycles. The highest BCUT2D eigenvalue weighted by Crippen LogP contribution is 2.36. The van der Waals surface area contributed by atoms with Crippen molar-refractivity contribution >= 4 is 5.91 Å². The van der Waals surface area contributed by atoms with E-state index in [0.29, 0.717) is 36.1 Å². The van der Waals surface area contributed by atoms with Gasteiger partial charge >= 0.3 is 0 Å². The molecule has 0 bridgehead atoms. The predicted molar refractivity (Wildman–Crippen MR) is 107 cm³/mol. The Labute approximate surface area is 173 Å². The standard InChI is InChI=1S/C22H21N3O5/c1-27-17-5-2-15(3-6-17)22(26)25-10-8-14(9-11-25)21-23-20(24-30-21)16-4-7-18-19(12-16)29-13-28-18/h2-7,12,14H,8-11,13H2,1H3. The fourth-order valence-corrected chi connectivity index (χ4v) is 3.80. The maximum atomic E-state index is 12.7. The first-order chi connectivity index (χ1) is 14.7. The van der Waals surface area contributed by atoms with E-state index in [1.165, 1.54) is 0 Å². The van der Waals surface area contributed by atoms with Crippen LogP contribution in [0.1, 0.15) is 35.0 Å². The molecule has 2 aromatic carbocycles. The average Bonchev–Trinajstić information content (AvgIpc) is 3.48. The molecule has 30 heavy (non-hydrogen) atoms. The van der Waals surface area contributed by atoms with Crippen LogP contribution in [0.5, 0.6) is 17.2 Å². The smallest absolute Gasteiger partial charge is 0.253 e. The molecule has 8 nitrogen and oxygen atoms in total. The Bertz CT molecular complexity index is 1050. The van der Waals surface area contributed by atoms with E-state index < -0.39 is 0 Å². The zero-order valence-corrected chi connectivity index (χ0v) is 16.5. The second kappa shape index (κ2) is 7.70. The number of rotatable bonds is 4. The van der Waals surface area contributed by atoms with E-state index in [2.05, 4.69) is 10.1 Å². The molecule has 0 atom stereocenters. The highest BCUT2D eigenvalue weighted by molar-refractivity contribution is 5.94. The van der Waals surface area contributed by atoms with Gasteiger partial charge < -0.3 is 23.6 Å². The number of fused-ring (bicyclic) bond motifs is 1. The van der Waals surface area contributed by atoms with Gasteiger partial charge in [-0.3, -0.25) is 4.79 Å². The molecule has 0 N–H and O–H groups in total. The number of hydrogen-bond donors (Lipinski definition) is 0. The lowest BCUT2D eigenvalue weighted by molar-refractivity contribution is 0.0704. The predicted octanol–water partition coefficient (Wildman–Crippen LogP) is 3.49. The first-order valence-electron chi connectivity index (χ1n) is 9.88. The fourth-order valence-electron chi connectivity index (χ4n) is 3.80. The maximum absolute atomic E-state index is 12.7. The van der Waals surface area contributed by atoms with Gasteiger partial charge in [0.25, 0.3) is 5.91 Å². The minimum atomic E-state index is 0.0303. The highest BCUT2D eigenvalue weighted by Gasteiger charge is 2.28. The molecule has 0 radical (unpaired) electrons. The van der Waals surface area contributed by atoms with Crippen LogP contribution < -0.4 is 14.2 Å². The van der Waals surface area contributed by atoms with Crippen LogP contribution in [-0.4, -0.2) is 47.9 Å². The number of piperidine rings is 1. The summed E-state index contributed by atoms with van der Waals surface area (Å²) in [6.45, 7) is 1.53. The average molecular weight is 407 g/mol. The Balaban J connectivity index is 1.23. The zero-order chi connectivity index (χ0) is 20.5. The van der Waals surface area contributed by atoms with Crippen LogP contribution in [0.3, 0.4) is 0 Å². The third kappa shape index (κ3) is 3.45. The molecule has 1 aromatic heterocycles. The van der Waals surface area contributed by atoms with Gasteiger partial charge in [0.15, 0.2) is 11.5 Å². The largest absolute Gasteiger partial charge is 0.497 e. The Kier molecular flexibility index (Phi) is 4.74. The Morgan fingerprint density at radius 1 is 1.07 bits per heavy atom. The van der Waals surface area contributed by atoms with Crippen LogP contribution in [0.2, 0.25) is 0 Å². The molecule has 1 saturated heterocycles. The molecule has 1 fully saturated rings. The minimum Gasteiger partial charge on any atom is -0.497 e. The van der Waals surface area contributed by atoms with Crippen molar-refractivity contribution in [3.05, 3.63) is 53.9 Å². The van der Waals surface area contributed by atoms with Gasteiger partial charge in [0.2, 0.25) is 18.5 Å². The number of benzene rings is 2. The molecule has 0 saturated carbocycles. The molecule has 154 valence electrons. The topological polar surface area (TPSA) is 86.9 Å². The molecule has 2 aliphatic heterocycles. The lowest BCUT2D eigenvalue weighted by atomic mass is 9.96. The number of methoxy groups -OCH3 is 1. The zero-order valence-electron chi connectivity index (χ0n) is 16.5. The Morgan fingerprint density at radius 3 is 2.60 bits per heavy atom. The lowest BCUT2D eigenvalue weighted by Gasteiger charge is -2.30. The SMILES string of the molecule is COc1ccc(C(=O)N2CCC(c3nc(-c4ccc5c(c4)OCO5)no3)CC2)cc1. The molecular weight excluding hydrogens is 386 g/mol. The van der Waals surface area contributed by atoms with E-state index in [1.54, 1.807) is 31.4 Å². The molecule has 0 aliphatic carbocycles. The summed E-state index contributed by atoms with van der Waals surface area (Å²) in [6.07, 6.45) is 1.56. The van der Waals surface area contributed by atoms with Gasteiger partial charge in [0, 0.05) is 30.1 Å². The van der Waals surface area contributed by atoms with Crippen molar-refractivity contribution in [2.75, 3.05) is 27.0 Å². The number of nitrogens with zero attached hydrogens (tertiary/aromatic N) is 3. The van der Waals surface area contributed by atoms with E-state index in [9.17, 15) is 4.79 Å². The van der Waals surface area contributed by atoms with Crippen LogP contribution in [0.25, 0.3) is 11.4 Å². The summed E-state index contributed by atoms with van der Waals surface area (Å²) in [5, 5.41) is 4.13. The van der Waals surface area contributed by atoms with Crippen LogP contribution in [0.4, 0.5) is 0 Å². The summed E-state index contributed by atoms with van der Waals surface area (Å²) in [6, 6.07) is 12.8. The monoisotopic (exact) mass is 407 g/mol. The van der Waals surface area contributed by atoms with Crippen molar-refractivity contribution < 1.29 is 23.5 Å². The van der Waals surface area contributed by atoms with Crippen molar-refractivity contribution in [1.29, 1.82) is 0 Å². The molecule has 5 rings (SSSR count). The van der Waals surface area contributed by atoms with E-state index in [4.69, 9.17) is 18.7 Å². The van der Waals surface area contributed by atoms with Crippen molar-refractivity contribution in [1.82, 2.24) is 15.0 Å². The van der Waals surface area contributed by atoms with Gasteiger partial charge in [-0.15, -0.1) is 0 Å². The van der Waals surface area contributed by atoms with Gasteiger partial charge in [-0.25, -0.2) is 0 Å². The summed E-state index contributed by atoms with van der Waals surface area (Å²) in [4.78, 5) is 19.2. The second-order valence-electron chi connectivity index (χ2n) is 7.32. The summed E-state index contributed by atoms with van der Waals surface area (Å²) in [7, 11) is 1.61. The first kappa shape index (κ1) is 18.5. The molecule has 0 unspecified atom stereocenters. The third-order valence-corrected chi connectivity index (χ3v) is 5.54. The van der Waals surface area contributed by atoms with Gasteiger partial charge in [0.1, 0.15) is 5.75 Å². The lowest BCUT2D eigenvalue weighted by Crippen LogP contribution is -2.37. The molecule has 1 amide bonds. The van der Waals surface area contributed by atoms with Crippen molar-refractivity contribution in [2.45, 2.75) is 18.8 Å². The van der Waals surface area contributed by atoms with Crippen LogP contribution >= 0.6 is 0 Å². The Hall–Kier alpha value is -3.55. The minimum absolute atomic E-state index is 0.0303. The third-order valence-electron chi connectivity index (χ3n) is 5.54. The molecule has 0 spiro atoms. The van der Waals surface area contributed by atoms with Crippen molar-refractivity contribution in [2.24, 2.45) is 0 Å². The summed E-state index contributed by atoms with van der Waals surface area (Å²) < 4.78 is 21.4. The first-order valence-corrected chi connectivity index (χ1v) is 9.88. The summed E-state index contributed by atoms with van der Waals surface area (Å²) in [5.74, 6) is 3.45. The van der Waals surface area contributed by atoms with Crippen LogP contribution in [0, 0.1) is 0 Å². The van der Waals surface area contributed by atoms with Gasteiger partial charge in [-0.1, -0.05) is 5.16 Å². The highest BCUT2D eigenvalue weighted by atomic mass is 16.7. The molecule has 3 aromatic rings. The normalized spacial score (nSPS) is 16.0. The van der Waals surface area contributed by atoms with Crippen molar-refractivity contribution in [3.63, 3.8) is 0 Å². The quantitative estimate of drug-likeness (QED) is 0.654. The van der Waals surface area contributed by atoms with Crippen LogP contribution in [-0.2, 0) is 0 Å². The van der Waals surface area contributed by atoms with Crippen molar-refractivity contribution in [3.8, 4) is 28.6 Å². The summed E-state index contributed by atoms with van der Waals surface area (Å²) >= 11 is 0. The fraction of sp³-hybridized carbons (Fsp3) is 0.318. The number of aromatic nitrogens is 2. The number of likely N-dealkylation sites (tertiary alicyclic amines) is 1. The second-order valence-corrected chi connectivity index (χ2v) is 7.32. The van der Waals surface area contributed by atoms with E-state index in [0.717, 1.165) is 29.9 Å². The summed E-state index contributed by atoms with van der Waals surface area (Å²) in [5.41, 5.74) is 1.48. The number of amides is 1. The number of carbonyl (C=O) groups is 1. The van der Waals surface area contributed by atoms with E-state index in [-0.39, 0.29) is 18.6 Å². The van der Waals surface area contributed by atoms with Gasteiger partial charge in [-0.05, 0) is 55.3 Å². The Morgan fingerprint density at radius 2 is 1.83 bits per heavy atom. The molecule has 2 aliphatic rings. The number of hydrogen-bond acceptors (Lipinski definition) is 7. The molecule has 8 heteroatoms. The molecular formula is C22H21N3O5. The number of ether oxygens (including phenoxy) is 3. The van der Waals surface area contributed by atoms with Crippen LogP contribution in [0.15, 0.2) is 47.0 Å². The van der Waals surface area contributed by atoms with E-state index >= 15 is 0 Å². The van der Waals surface area contributed by atoms with Gasteiger partial charge in [-0.2, -0.15) is 4.98 Å².